The Bertz CT molecular complexity index is 867. The van der Waals surface area contributed by atoms with Crippen molar-refractivity contribution in [2.75, 3.05) is 0 Å². The molecular formula is C25H36O5. The molecule has 1 aromatic rings. The molecule has 1 aliphatic heterocycles. The van der Waals surface area contributed by atoms with E-state index in [0.29, 0.717) is 12.8 Å². The van der Waals surface area contributed by atoms with Crippen LogP contribution in [0.3, 0.4) is 0 Å². The number of allylic oxidation sites excluding steroid dienone is 1. The second kappa shape index (κ2) is 7.04. The van der Waals surface area contributed by atoms with Crippen molar-refractivity contribution in [1.82, 2.24) is 0 Å². The minimum Gasteiger partial charge on any atom is -0.469 e. The first kappa shape index (κ1) is 21.8. The minimum absolute atomic E-state index is 0.110. The summed E-state index contributed by atoms with van der Waals surface area (Å²) in [5.74, 6) is -0.744. The van der Waals surface area contributed by atoms with Crippen molar-refractivity contribution in [2.24, 2.45) is 23.7 Å². The highest BCUT2D eigenvalue weighted by molar-refractivity contribution is 5.94. The van der Waals surface area contributed by atoms with Gasteiger partial charge in [-0.3, -0.25) is 4.79 Å². The van der Waals surface area contributed by atoms with E-state index >= 15 is 0 Å². The van der Waals surface area contributed by atoms with Gasteiger partial charge in [0.05, 0.1) is 17.8 Å². The molecule has 2 saturated carbocycles. The molecule has 30 heavy (non-hydrogen) atoms. The molecule has 0 bridgehead atoms. The summed E-state index contributed by atoms with van der Waals surface area (Å²) in [6, 6.07) is 1.93. The van der Waals surface area contributed by atoms with Gasteiger partial charge in [0.2, 0.25) is 0 Å². The first-order valence-corrected chi connectivity index (χ1v) is 11.3. The van der Waals surface area contributed by atoms with Gasteiger partial charge in [-0.15, -0.1) is 0 Å². The van der Waals surface area contributed by atoms with E-state index in [2.05, 4.69) is 0 Å². The van der Waals surface area contributed by atoms with Crippen LogP contribution in [0.4, 0.5) is 0 Å². The molecule has 0 aromatic carbocycles. The van der Waals surface area contributed by atoms with Crippen molar-refractivity contribution in [1.29, 1.82) is 0 Å². The van der Waals surface area contributed by atoms with Crippen molar-refractivity contribution < 1.29 is 24.2 Å². The number of hydrogen-bond acceptors (Lipinski definition) is 5. The molecule has 0 spiro atoms. The molecule has 1 aromatic heterocycles. The van der Waals surface area contributed by atoms with Gasteiger partial charge in [0, 0.05) is 12.3 Å². The van der Waals surface area contributed by atoms with Crippen LogP contribution in [0.1, 0.15) is 65.2 Å². The molecule has 5 nitrogen and oxygen atoms in total. The Morgan fingerprint density at radius 1 is 1.27 bits per heavy atom. The van der Waals surface area contributed by atoms with Crippen LogP contribution in [0, 0.1) is 30.6 Å². The van der Waals surface area contributed by atoms with Crippen LogP contribution in [-0.4, -0.2) is 38.9 Å². The fourth-order valence-corrected chi connectivity index (χ4v) is 6.66. The summed E-state index contributed by atoms with van der Waals surface area (Å²) in [7, 11) is 0. The van der Waals surface area contributed by atoms with Crippen LogP contribution in [0.25, 0.3) is 0 Å². The molecule has 2 heterocycles. The molecule has 4 rings (SSSR count). The second-order valence-corrected chi connectivity index (χ2v) is 10.5. The Morgan fingerprint density at radius 3 is 2.57 bits per heavy atom. The van der Waals surface area contributed by atoms with Gasteiger partial charge in [0.15, 0.2) is 5.78 Å². The molecule has 5 heteroatoms. The van der Waals surface area contributed by atoms with Crippen LogP contribution in [-0.2, 0) is 16.0 Å². The predicted octanol–water partition coefficient (Wildman–Crippen LogP) is 3.99. The summed E-state index contributed by atoms with van der Waals surface area (Å²) in [6.45, 7) is 11.8. The highest BCUT2D eigenvalue weighted by Crippen LogP contribution is 2.62. The number of aryl methyl sites for hydroxylation is 2. The first-order valence-electron chi connectivity index (χ1n) is 11.3. The summed E-state index contributed by atoms with van der Waals surface area (Å²) in [6.07, 6.45) is 5.75. The molecule has 0 amide bonds. The molecule has 8 atom stereocenters. The second-order valence-electron chi connectivity index (χ2n) is 10.5. The number of fused-ring (bicyclic) bond motifs is 2. The molecule has 2 aliphatic carbocycles. The summed E-state index contributed by atoms with van der Waals surface area (Å²) in [4.78, 5) is 13.9. The lowest BCUT2D eigenvalue weighted by Gasteiger charge is -2.52. The monoisotopic (exact) mass is 416 g/mol. The van der Waals surface area contributed by atoms with Gasteiger partial charge in [-0.25, -0.2) is 0 Å². The van der Waals surface area contributed by atoms with Crippen molar-refractivity contribution in [3.63, 3.8) is 0 Å². The van der Waals surface area contributed by atoms with Crippen LogP contribution in [0.5, 0.6) is 0 Å². The largest absolute Gasteiger partial charge is 0.469 e. The van der Waals surface area contributed by atoms with Gasteiger partial charge in [0.25, 0.3) is 0 Å². The minimum atomic E-state index is -1.39. The van der Waals surface area contributed by atoms with E-state index < -0.39 is 28.8 Å². The van der Waals surface area contributed by atoms with Gasteiger partial charge < -0.3 is 19.4 Å². The number of furan rings is 1. The van der Waals surface area contributed by atoms with Crippen molar-refractivity contribution in [3.8, 4) is 0 Å². The fourth-order valence-electron chi connectivity index (χ4n) is 6.66. The third kappa shape index (κ3) is 2.81. The van der Waals surface area contributed by atoms with Gasteiger partial charge in [-0.1, -0.05) is 25.5 Å². The van der Waals surface area contributed by atoms with Crippen LogP contribution in [0.15, 0.2) is 28.4 Å². The molecule has 3 aliphatic rings. The maximum absolute atomic E-state index is 13.9. The van der Waals surface area contributed by atoms with Gasteiger partial charge in [-0.2, -0.15) is 0 Å². The normalized spacial score (nSPS) is 45.3. The third-order valence-electron chi connectivity index (χ3n) is 8.44. The average Bonchev–Trinajstić information content (AvgIpc) is 3.27. The Balaban J connectivity index is 1.78. The smallest absolute Gasteiger partial charge is 0.173 e. The SMILES string of the molecule is CC(C)=C[C@H]1O[C@@](C)(CCc2occc2C)[C@@H]2C(=O)[C@]3(O)[C@@H](C)CC[C@H]3[C@H](C)[C@@]21O. The number of Topliss-reactive ketones (excluding diaryl/α,β-unsaturated/α-hetero) is 1. The van der Waals surface area contributed by atoms with Crippen molar-refractivity contribution in [2.45, 2.75) is 90.1 Å². The Labute approximate surface area is 179 Å². The molecule has 0 unspecified atom stereocenters. The average molecular weight is 417 g/mol. The molecule has 166 valence electrons. The van der Waals surface area contributed by atoms with Crippen molar-refractivity contribution in [3.05, 3.63) is 35.3 Å². The van der Waals surface area contributed by atoms with E-state index in [-0.39, 0.29) is 23.5 Å². The quantitative estimate of drug-likeness (QED) is 0.726. The Kier molecular flexibility index (Phi) is 5.12. The lowest BCUT2D eigenvalue weighted by atomic mass is 9.53. The first-order chi connectivity index (χ1) is 14.0. The number of ether oxygens (including phenoxy) is 1. The predicted molar refractivity (Wildman–Crippen MR) is 114 cm³/mol. The maximum Gasteiger partial charge on any atom is 0.173 e. The third-order valence-corrected chi connectivity index (χ3v) is 8.44. The maximum atomic E-state index is 13.9. The zero-order chi connectivity index (χ0) is 22.1. The van der Waals surface area contributed by atoms with Crippen molar-refractivity contribution >= 4 is 5.78 Å². The Hall–Kier alpha value is -1.43. The number of aliphatic hydroxyl groups is 2. The Morgan fingerprint density at radius 2 is 1.97 bits per heavy atom. The van der Waals surface area contributed by atoms with E-state index in [9.17, 15) is 15.0 Å². The van der Waals surface area contributed by atoms with Gasteiger partial charge in [-0.05, 0) is 70.4 Å². The standard InChI is InChI=1S/C25H36O5/c1-14(2)13-20-25(28)17(5)18-8-7-16(4)24(18,27)22(26)21(25)23(6,30-20)11-9-19-15(3)10-12-29-19/h10,12-13,16-18,20-21,27-28H,7-9,11H2,1-6H3/t16-,17-,18-,20+,21-,23-,24-,25-/m0/s1. The lowest BCUT2D eigenvalue weighted by molar-refractivity contribution is -0.193. The van der Waals surface area contributed by atoms with E-state index in [1.54, 1.807) is 6.26 Å². The van der Waals surface area contributed by atoms with E-state index in [1.807, 2.05) is 53.7 Å². The zero-order valence-corrected chi connectivity index (χ0v) is 19.1. The van der Waals surface area contributed by atoms with Crippen LogP contribution < -0.4 is 0 Å². The number of rotatable bonds is 4. The van der Waals surface area contributed by atoms with E-state index in [0.717, 1.165) is 29.7 Å². The number of carbonyl (C=O) groups is 1. The number of carbonyl (C=O) groups excluding carboxylic acids is 1. The molecule has 1 saturated heterocycles. The number of ketones is 1. The van der Waals surface area contributed by atoms with Crippen LogP contribution in [0.2, 0.25) is 0 Å². The molecule has 0 radical (unpaired) electrons. The molecular weight excluding hydrogens is 380 g/mol. The van der Waals surface area contributed by atoms with Gasteiger partial charge >= 0.3 is 0 Å². The number of hydrogen-bond donors (Lipinski definition) is 2. The highest BCUT2D eigenvalue weighted by atomic mass is 16.5. The summed E-state index contributed by atoms with van der Waals surface area (Å²) in [5, 5.41) is 23.8. The molecule has 2 N–H and O–H groups in total. The van der Waals surface area contributed by atoms with E-state index in [4.69, 9.17) is 9.15 Å². The summed E-state index contributed by atoms with van der Waals surface area (Å²) in [5.41, 5.74) is -1.50. The van der Waals surface area contributed by atoms with Crippen LogP contribution >= 0.6 is 0 Å². The topological polar surface area (TPSA) is 79.9 Å². The highest BCUT2D eigenvalue weighted by Gasteiger charge is 2.75. The zero-order valence-electron chi connectivity index (χ0n) is 19.1. The summed E-state index contributed by atoms with van der Waals surface area (Å²) >= 11 is 0. The fraction of sp³-hybridized carbons (Fsp3) is 0.720. The van der Waals surface area contributed by atoms with E-state index in [1.165, 1.54) is 0 Å². The summed E-state index contributed by atoms with van der Waals surface area (Å²) < 4.78 is 12.1. The van der Waals surface area contributed by atoms with Gasteiger partial charge in [0.1, 0.15) is 23.1 Å². The molecule has 3 fully saturated rings. The lowest BCUT2D eigenvalue weighted by Crippen LogP contribution is -2.69.